The van der Waals surface area contributed by atoms with Crippen molar-refractivity contribution in [3.63, 3.8) is 0 Å². The van der Waals surface area contributed by atoms with Crippen LogP contribution in [0.4, 0.5) is 0 Å². The van der Waals surface area contributed by atoms with Crippen LogP contribution in [0.5, 0.6) is 0 Å². The zero-order valence-electron chi connectivity index (χ0n) is 21.7. The van der Waals surface area contributed by atoms with E-state index in [-0.39, 0.29) is 36.4 Å². The van der Waals surface area contributed by atoms with Crippen molar-refractivity contribution >= 4 is 33.5 Å². The molecule has 2 N–H and O–H groups in total. The van der Waals surface area contributed by atoms with Gasteiger partial charge in [0.2, 0.25) is 0 Å². The highest BCUT2D eigenvalue weighted by Gasteiger charge is 2.57. The Morgan fingerprint density at radius 1 is 1.28 bits per heavy atom. The van der Waals surface area contributed by atoms with E-state index in [0.717, 1.165) is 44.1 Å². The van der Waals surface area contributed by atoms with Crippen molar-refractivity contribution in [1.82, 2.24) is 0 Å². The van der Waals surface area contributed by atoms with Crippen LogP contribution in [0.1, 0.15) is 78.1 Å². The molecule has 6 nitrogen and oxygen atoms in total. The summed E-state index contributed by atoms with van der Waals surface area (Å²) in [5.41, 5.74) is 0.912. The summed E-state index contributed by atoms with van der Waals surface area (Å²) in [5.74, 6) is 0.827. The van der Waals surface area contributed by atoms with Crippen LogP contribution < -0.4 is 0 Å². The van der Waals surface area contributed by atoms with Crippen LogP contribution in [-0.2, 0) is 19.1 Å². The van der Waals surface area contributed by atoms with Gasteiger partial charge in [0.05, 0.1) is 18.3 Å². The molecule has 2 saturated heterocycles. The first-order valence-corrected chi connectivity index (χ1v) is 15.9. The topological polar surface area (TPSA) is 93.1 Å². The second kappa shape index (κ2) is 11.8. The molecule has 2 heterocycles. The Labute approximate surface area is 223 Å². The van der Waals surface area contributed by atoms with Crippen molar-refractivity contribution in [3.8, 4) is 0 Å². The van der Waals surface area contributed by atoms with Gasteiger partial charge in [0.1, 0.15) is 6.61 Å². The Morgan fingerprint density at radius 3 is 2.81 bits per heavy atom. The fourth-order valence-corrected chi connectivity index (χ4v) is 10.1. The number of hydrogen-bond donors (Lipinski definition) is 2. The lowest BCUT2D eigenvalue weighted by Crippen LogP contribution is -2.57. The monoisotopic (exact) mass is 538 g/mol. The number of carbonyl (C=O) groups is 2. The molecule has 0 radical (unpaired) electrons. The van der Waals surface area contributed by atoms with Gasteiger partial charge in [-0.05, 0) is 68.6 Å². The molecule has 0 aromatic carbocycles. The molecule has 0 amide bonds. The molecule has 4 rings (SSSR count). The molecule has 36 heavy (non-hydrogen) atoms. The molecule has 0 bridgehead atoms. The second-order valence-electron chi connectivity index (χ2n) is 11.6. The number of esters is 2. The first-order chi connectivity index (χ1) is 17.2. The lowest BCUT2D eigenvalue weighted by atomic mass is 9.46. The number of fused-ring (bicyclic) bond motifs is 1. The van der Waals surface area contributed by atoms with Gasteiger partial charge in [0.25, 0.3) is 0 Å². The van der Waals surface area contributed by atoms with E-state index in [1.807, 2.05) is 34.6 Å². The standard InChI is InChI=1S/C28H42O6S2/c1-18-8-11-23-27(2,14-12-24(30)28(23,3)17-29)21(18)10-9-20-22(16-33-26(20)32)34-25(31)7-5-4-6-19-13-15-35-36-19/h9,19,21-24,29-30H,1,4-8,10-17H2,2-3H3/b20-9-/t19?,21-,22?,23?,24-,27+,28+/m1/s1. The Hall–Kier alpha value is -0.960. The zero-order chi connectivity index (χ0) is 25.9. The largest absolute Gasteiger partial charge is 0.458 e. The fourth-order valence-electron chi connectivity index (χ4n) is 7.07. The van der Waals surface area contributed by atoms with Crippen molar-refractivity contribution in [2.45, 2.75) is 95.5 Å². The maximum atomic E-state index is 12.5. The lowest BCUT2D eigenvalue weighted by molar-refractivity contribution is -0.151. The summed E-state index contributed by atoms with van der Waals surface area (Å²) < 4.78 is 10.9. The van der Waals surface area contributed by atoms with Crippen molar-refractivity contribution in [2.24, 2.45) is 22.7 Å². The number of ether oxygens (including phenoxy) is 2. The number of rotatable bonds is 9. The minimum Gasteiger partial charge on any atom is -0.458 e. The van der Waals surface area contributed by atoms with Crippen molar-refractivity contribution in [2.75, 3.05) is 19.0 Å². The van der Waals surface area contributed by atoms with E-state index < -0.39 is 23.6 Å². The highest BCUT2D eigenvalue weighted by atomic mass is 33.1. The number of unbranched alkanes of at least 4 members (excludes halogenated alkanes) is 1. The lowest BCUT2D eigenvalue weighted by Gasteiger charge is -2.59. The Bertz CT molecular complexity index is 868. The number of aliphatic hydroxyl groups is 2. The molecule has 2 aliphatic carbocycles. The van der Waals surface area contributed by atoms with E-state index in [1.54, 1.807) is 0 Å². The van der Waals surface area contributed by atoms with Gasteiger partial charge in [-0.15, -0.1) is 0 Å². The van der Waals surface area contributed by atoms with Gasteiger partial charge < -0.3 is 19.7 Å². The van der Waals surface area contributed by atoms with Gasteiger partial charge >= 0.3 is 11.9 Å². The fraction of sp³-hybridized carbons (Fsp3) is 0.786. The van der Waals surface area contributed by atoms with Gasteiger partial charge in [-0.1, -0.05) is 60.1 Å². The van der Waals surface area contributed by atoms with E-state index in [0.29, 0.717) is 30.1 Å². The summed E-state index contributed by atoms with van der Waals surface area (Å²) in [5, 5.41) is 21.6. The molecule has 0 aromatic rings. The number of carbonyl (C=O) groups excluding carboxylic acids is 2. The van der Waals surface area contributed by atoms with E-state index >= 15 is 0 Å². The summed E-state index contributed by atoms with van der Waals surface area (Å²) in [7, 11) is 3.90. The van der Waals surface area contributed by atoms with Crippen LogP contribution in [0.3, 0.4) is 0 Å². The minimum absolute atomic E-state index is 0.0441. The van der Waals surface area contributed by atoms with Gasteiger partial charge in [-0.25, -0.2) is 4.79 Å². The van der Waals surface area contributed by atoms with Crippen LogP contribution in [-0.4, -0.2) is 58.6 Å². The van der Waals surface area contributed by atoms with E-state index in [4.69, 9.17) is 9.47 Å². The number of aliphatic hydroxyl groups excluding tert-OH is 2. The van der Waals surface area contributed by atoms with Gasteiger partial charge in [0.15, 0.2) is 6.10 Å². The Kier molecular flexibility index (Phi) is 9.22. The first-order valence-electron chi connectivity index (χ1n) is 13.5. The van der Waals surface area contributed by atoms with Crippen LogP contribution in [0.25, 0.3) is 0 Å². The summed E-state index contributed by atoms with van der Waals surface area (Å²) in [6.45, 7) is 8.65. The predicted octanol–water partition coefficient (Wildman–Crippen LogP) is 5.23. The molecule has 8 heteroatoms. The molecule has 7 atom stereocenters. The molecule has 2 saturated carbocycles. The minimum atomic E-state index is -0.650. The third-order valence-electron chi connectivity index (χ3n) is 9.37. The van der Waals surface area contributed by atoms with Crippen LogP contribution >= 0.6 is 21.6 Å². The normalized spacial score (nSPS) is 39.8. The average molecular weight is 539 g/mol. The molecular formula is C28H42O6S2. The predicted molar refractivity (Wildman–Crippen MR) is 144 cm³/mol. The maximum Gasteiger partial charge on any atom is 0.337 e. The van der Waals surface area contributed by atoms with Crippen molar-refractivity contribution < 1.29 is 29.3 Å². The molecule has 4 aliphatic rings. The first kappa shape index (κ1) is 28.1. The molecule has 0 aromatic heterocycles. The number of allylic oxidation sites excluding steroid dienone is 2. The molecule has 202 valence electrons. The van der Waals surface area contributed by atoms with Crippen LogP contribution in [0.2, 0.25) is 0 Å². The van der Waals surface area contributed by atoms with Crippen LogP contribution in [0, 0.1) is 22.7 Å². The Morgan fingerprint density at radius 2 is 2.08 bits per heavy atom. The van der Waals surface area contributed by atoms with Crippen molar-refractivity contribution in [3.05, 3.63) is 23.8 Å². The summed E-state index contributed by atoms with van der Waals surface area (Å²) in [6, 6.07) is 0. The highest BCUT2D eigenvalue weighted by Crippen LogP contribution is 2.61. The van der Waals surface area contributed by atoms with Gasteiger partial charge in [-0.2, -0.15) is 0 Å². The Balaban J connectivity index is 1.37. The van der Waals surface area contributed by atoms with Crippen molar-refractivity contribution in [1.29, 1.82) is 0 Å². The summed E-state index contributed by atoms with van der Waals surface area (Å²) >= 11 is 0. The number of hydrogen-bond acceptors (Lipinski definition) is 8. The van der Waals surface area contributed by atoms with Gasteiger partial charge in [0, 0.05) is 22.8 Å². The summed E-state index contributed by atoms with van der Waals surface area (Å²) in [6.07, 6.45) is 9.15. The third kappa shape index (κ3) is 5.71. The maximum absolute atomic E-state index is 12.5. The quantitative estimate of drug-likeness (QED) is 0.136. The number of cyclic esters (lactones) is 1. The van der Waals surface area contributed by atoms with E-state index in [9.17, 15) is 19.8 Å². The second-order valence-corrected chi connectivity index (χ2v) is 14.4. The van der Waals surface area contributed by atoms with E-state index in [2.05, 4.69) is 13.5 Å². The molecule has 3 unspecified atom stereocenters. The molecule has 0 spiro atoms. The highest BCUT2D eigenvalue weighted by molar-refractivity contribution is 8.77. The average Bonchev–Trinajstić information content (AvgIpc) is 3.49. The van der Waals surface area contributed by atoms with E-state index in [1.165, 1.54) is 12.2 Å². The molecular weight excluding hydrogens is 496 g/mol. The smallest absolute Gasteiger partial charge is 0.337 e. The van der Waals surface area contributed by atoms with Gasteiger partial charge in [-0.3, -0.25) is 4.79 Å². The van der Waals surface area contributed by atoms with Crippen LogP contribution in [0.15, 0.2) is 23.8 Å². The molecule has 2 aliphatic heterocycles. The zero-order valence-corrected chi connectivity index (χ0v) is 23.3. The molecule has 4 fully saturated rings. The SMILES string of the molecule is C=C1CCC2[C@](C)(CO)[C@H](O)CC[C@@]2(C)[C@@H]1C/C=C1\C(=O)OCC1OC(=O)CCCCC1CCSS1. The summed E-state index contributed by atoms with van der Waals surface area (Å²) in [4.78, 5) is 25.0. The third-order valence-corrected chi connectivity index (χ3v) is 12.4.